The number of nitrogens with one attached hydrogen (secondary N) is 1. The van der Waals surface area contributed by atoms with E-state index in [1.807, 2.05) is 47.3 Å². The average molecular weight is 373 g/mol. The van der Waals surface area contributed by atoms with Crippen LogP contribution in [-0.4, -0.2) is 34.3 Å². The lowest BCUT2D eigenvalue weighted by molar-refractivity contribution is 0.153. The van der Waals surface area contributed by atoms with Crippen LogP contribution in [0.15, 0.2) is 67.0 Å². The molecule has 2 heterocycles. The van der Waals surface area contributed by atoms with Crippen LogP contribution in [0.2, 0.25) is 0 Å². The third kappa shape index (κ3) is 4.12. The van der Waals surface area contributed by atoms with Crippen molar-refractivity contribution in [1.29, 1.82) is 0 Å². The molecule has 1 N–H and O–H groups in total. The van der Waals surface area contributed by atoms with Gasteiger partial charge >= 0.3 is 0 Å². The minimum atomic E-state index is -0.181. The smallest absolute Gasteiger partial charge is 0.123 e. The Labute approximate surface area is 159 Å². The monoisotopic (exact) mass is 372 g/mol. The highest BCUT2D eigenvalue weighted by Gasteiger charge is 2.24. The molecule has 1 atom stereocenters. The Bertz CT molecular complexity index is 837. The minimum absolute atomic E-state index is 0. The summed E-state index contributed by atoms with van der Waals surface area (Å²) in [6.45, 7) is 3.50. The number of piperazine rings is 1. The Balaban J connectivity index is 0.00000196. The molecule has 0 radical (unpaired) electrons. The second-order valence-electron chi connectivity index (χ2n) is 6.37. The second-order valence-corrected chi connectivity index (χ2v) is 6.37. The van der Waals surface area contributed by atoms with Gasteiger partial charge in [0.2, 0.25) is 0 Å². The van der Waals surface area contributed by atoms with Gasteiger partial charge in [0, 0.05) is 44.0 Å². The Morgan fingerprint density at radius 3 is 2.77 bits per heavy atom. The van der Waals surface area contributed by atoms with E-state index in [9.17, 15) is 4.39 Å². The zero-order chi connectivity index (χ0) is 17.1. The number of hydrogen-bond acceptors (Lipinski definition) is 3. The van der Waals surface area contributed by atoms with E-state index in [1.54, 1.807) is 12.1 Å². The van der Waals surface area contributed by atoms with Gasteiger partial charge in [0.1, 0.15) is 5.82 Å². The zero-order valence-corrected chi connectivity index (χ0v) is 15.2. The molecule has 1 saturated heterocycles. The number of benzene rings is 2. The van der Waals surface area contributed by atoms with Crippen LogP contribution in [0.4, 0.5) is 4.39 Å². The Hall–Kier alpha value is -2.21. The summed E-state index contributed by atoms with van der Waals surface area (Å²) in [7, 11) is 0. The summed E-state index contributed by atoms with van der Waals surface area (Å²) in [6.07, 6.45) is 3.98. The normalized spacial score (nSPS) is 17.7. The van der Waals surface area contributed by atoms with Crippen molar-refractivity contribution in [3.05, 3.63) is 83.9 Å². The van der Waals surface area contributed by atoms with Crippen molar-refractivity contribution in [2.24, 2.45) is 0 Å². The van der Waals surface area contributed by atoms with Gasteiger partial charge in [0.25, 0.3) is 0 Å². The quantitative estimate of drug-likeness (QED) is 0.760. The van der Waals surface area contributed by atoms with Gasteiger partial charge in [-0.1, -0.05) is 30.3 Å². The van der Waals surface area contributed by atoms with E-state index in [0.29, 0.717) is 0 Å². The molecule has 4 rings (SSSR count). The van der Waals surface area contributed by atoms with Crippen LogP contribution in [-0.2, 0) is 6.54 Å². The van der Waals surface area contributed by atoms with Crippen LogP contribution in [0.1, 0.15) is 17.2 Å². The number of rotatable bonds is 4. The Kier molecular flexibility index (Phi) is 6.04. The van der Waals surface area contributed by atoms with Crippen LogP contribution in [0, 0.1) is 5.82 Å². The molecule has 0 aliphatic carbocycles. The third-order valence-corrected chi connectivity index (χ3v) is 4.63. The molecule has 2 aromatic carbocycles. The van der Waals surface area contributed by atoms with E-state index >= 15 is 0 Å². The molecule has 4 nitrogen and oxygen atoms in total. The van der Waals surface area contributed by atoms with Crippen molar-refractivity contribution in [2.45, 2.75) is 12.6 Å². The molecule has 6 heteroatoms. The highest BCUT2D eigenvalue weighted by molar-refractivity contribution is 5.85. The largest absolute Gasteiger partial charge is 0.314 e. The predicted octanol–water partition coefficient (Wildman–Crippen LogP) is 3.58. The number of halogens is 2. The molecule has 3 aromatic rings. The van der Waals surface area contributed by atoms with E-state index in [0.717, 1.165) is 43.0 Å². The number of hydrogen-bond donors (Lipinski definition) is 1. The maximum Gasteiger partial charge on any atom is 0.123 e. The summed E-state index contributed by atoms with van der Waals surface area (Å²) in [5, 5.41) is 7.89. The molecular weight excluding hydrogens is 351 g/mol. The molecule has 1 aromatic heterocycles. The van der Waals surface area contributed by atoms with Crippen molar-refractivity contribution in [3.63, 3.8) is 0 Å². The minimum Gasteiger partial charge on any atom is -0.314 e. The Morgan fingerprint density at radius 1 is 1.12 bits per heavy atom. The second kappa shape index (κ2) is 8.45. The molecule has 1 aliphatic rings. The van der Waals surface area contributed by atoms with Gasteiger partial charge in [-0.15, -0.1) is 12.4 Å². The van der Waals surface area contributed by atoms with E-state index < -0.39 is 0 Å². The van der Waals surface area contributed by atoms with E-state index in [2.05, 4.69) is 21.5 Å². The number of nitrogens with zero attached hydrogens (tertiary/aromatic N) is 3. The predicted molar refractivity (Wildman–Crippen MR) is 103 cm³/mol. The van der Waals surface area contributed by atoms with Crippen LogP contribution < -0.4 is 5.32 Å². The first-order valence-electron chi connectivity index (χ1n) is 8.59. The lowest BCUT2D eigenvalue weighted by Crippen LogP contribution is -2.45. The standard InChI is InChI=1S/C20H21FN4.ClH/c21-18-6-4-5-17(11-18)20-13-22-9-10-24(20)14-16-12-23-25(15-16)19-7-2-1-3-8-19;/h1-8,11-12,15,20,22H,9-10,13-14H2;1H. The molecule has 1 aliphatic heterocycles. The fraction of sp³-hybridized carbons (Fsp3) is 0.250. The van der Waals surface area contributed by atoms with Gasteiger partial charge in [-0.2, -0.15) is 5.10 Å². The molecule has 26 heavy (non-hydrogen) atoms. The fourth-order valence-corrected chi connectivity index (χ4v) is 3.38. The summed E-state index contributed by atoms with van der Waals surface area (Å²) in [6, 6.07) is 17.2. The number of aromatic nitrogens is 2. The molecule has 1 unspecified atom stereocenters. The molecule has 0 amide bonds. The lowest BCUT2D eigenvalue weighted by atomic mass is 10.0. The average Bonchev–Trinajstić information content (AvgIpc) is 3.11. The van der Waals surface area contributed by atoms with Gasteiger partial charge in [-0.3, -0.25) is 4.90 Å². The molecule has 1 fully saturated rings. The maximum absolute atomic E-state index is 13.6. The lowest BCUT2D eigenvalue weighted by Gasteiger charge is -2.36. The van der Waals surface area contributed by atoms with E-state index in [4.69, 9.17) is 0 Å². The SMILES string of the molecule is Cl.Fc1cccc(C2CNCCN2Cc2cnn(-c3ccccc3)c2)c1. The van der Waals surface area contributed by atoms with Gasteiger partial charge in [0.05, 0.1) is 11.9 Å². The summed E-state index contributed by atoms with van der Waals surface area (Å²) in [4.78, 5) is 2.39. The molecule has 0 bridgehead atoms. The third-order valence-electron chi connectivity index (χ3n) is 4.63. The van der Waals surface area contributed by atoms with Crippen LogP contribution in [0.5, 0.6) is 0 Å². The molecule has 0 saturated carbocycles. The topological polar surface area (TPSA) is 33.1 Å². The number of para-hydroxylation sites is 1. The van der Waals surface area contributed by atoms with Crippen LogP contribution in [0.25, 0.3) is 5.69 Å². The molecule has 0 spiro atoms. The highest BCUT2D eigenvalue weighted by atomic mass is 35.5. The van der Waals surface area contributed by atoms with Gasteiger partial charge < -0.3 is 5.32 Å². The Morgan fingerprint density at radius 2 is 1.96 bits per heavy atom. The van der Waals surface area contributed by atoms with Gasteiger partial charge in [-0.05, 0) is 29.8 Å². The molecular formula is C20H22ClFN4. The van der Waals surface area contributed by atoms with Crippen molar-refractivity contribution in [3.8, 4) is 5.69 Å². The van der Waals surface area contributed by atoms with Crippen molar-refractivity contribution >= 4 is 12.4 Å². The van der Waals surface area contributed by atoms with Crippen molar-refractivity contribution in [1.82, 2.24) is 20.0 Å². The summed E-state index contributed by atoms with van der Waals surface area (Å²) < 4.78 is 15.5. The molecule has 136 valence electrons. The first-order valence-corrected chi connectivity index (χ1v) is 8.59. The summed E-state index contributed by atoms with van der Waals surface area (Å²) >= 11 is 0. The fourth-order valence-electron chi connectivity index (χ4n) is 3.38. The maximum atomic E-state index is 13.6. The van der Waals surface area contributed by atoms with Crippen LogP contribution >= 0.6 is 12.4 Å². The van der Waals surface area contributed by atoms with Crippen molar-refractivity contribution < 1.29 is 4.39 Å². The summed E-state index contributed by atoms with van der Waals surface area (Å²) in [5.41, 5.74) is 3.23. The van der Waals surface area contributed by atoms with Crippen molar-refractivity contribution in [2.75, 3.05) is 19.6 Å². The summed E-state index contributed by atoms with van der Waals surface area (Å²) in [5.74, 6) is -0.181. The first kappa shape index (κ1) is 18.6. The van der Waals surface area contributed by atoms with Gasteiger partial charge in [-0.25, -0.2) is 9.07 Å². The highest BCUT2D eigenvalue weighted by Crippen LogP contribution is 2.24. The van der Waals surface area contributed by atoms with E-state index in [1.165, 1.54) is 6.07 Å². The van der Waals surface area contributed by atoms with E-state index in [-0.39, 0.29) is 24.3 Å². The zero-order valence-electron chi connectivity index (χ0n) is 14.4. The van der Waals surface area contributed by atoms with Gasteiger partial charge in [0.15, 0.2) is 0 Å². The first-order chi connectivity index (χ1) is 12.3. The van der Waals surface area contributed by atoms with Crippen LogP contribution in [0.3, 0.4) is 0 Å².